The summed E-state index contributed by atoms with van der Waals surface area (Å²) < 4.78 is 10.8. The summed E-state index contributed by atoms with van der Waals surface area (Å²) >= 11 is 0. The molecule has 0 saturated carbocycles. The second-order valence-corrected chi connectivity index (χ2v) is 7.01. The predicted octanol–water partition coefficient (Wildman–Crippen LogP) is 2.03. The molecule has 0 atom stereocenters. The van der Waals surface area contributed by atoms with Crippen LogP contribution in [0.4, 0.5) is 0 Å². The third kappa shape index (κ3) is 5.40. The number of methoxy groups -OCH3 is 2. The van der Waals surface area contributed by atoms with Gasteiger partial charge in [-0.15, -0.1) is 24.0 Å². The van der Waals surface area contributed by atoms with Crippen molar-refractivity contribution in [3.8, 4) is 11.5 Å². The van der Waals surface area contributed by atoms with E-state index in [4.69, 9.17) is 9.47 Å². The molecule has 7 nitrogen and oxygen atoms in total. The molecule has 0 spiro atoms. The van der Waals surface area contributed by atoms with Gasteiger partial charge in [-0.3, -0.25) is 9.79 Å². The third-order valence-electron chi connectivity index (χ3n) is 4.76. The molecule has 1 aromatic carbocycles. The molecule has 1 aliphatic heterocycles. The molecule has 0 aromatic heterocycles. The summed E-state index contributed by atoms with van der Waals surface area (Å²) in [6, 6.07) is 4.08. The summed E-state index contributed by atoms with van der Waals surface area (Å²) in [6.45, 7) is 5.91. The van der Waals surface area contributed by atoms with Crippen LogP contribution in [0.3, 0.4) is 0 Å². The van der Waals surface area contributed by atoms with Gasteiger partial charge in [0.1, 0.15) is 0 Å². The smallest absolute Gasteiger partial charge is 0.227 e. The van der Waals surface area contributed by atoms with Crippen LogP contribution in [0.15, 0.2) is 17.1 Å². The summed E-state index contributed by atoms with van der Waals surface area (Å²) in [4.78, 5) is 18.6. The van der Waals surface area contributed by atoms with Crippen LogP contribution in [0.5, 0.6) is 11.5 Å². The van der Waals surface area contributed by atoms with Crippen LogP contribution in [0.2, 0.25) is 0 Å². The standard InChI is InChI=1S/C19H30N4O3.HI/c1-19(2,17(24)20-3)12-22-18(21-4)23-8-7-13-9-15(25-5)16(26-6)10-14(13)11-23;/h9-10H,7-8,11-12H2,1-6H3,(H,20,24)(H,21,22);1H. The van der Waals surface area contributed by atoms with E-state index in [2.05, 4.69) is 26.6 Å². The van der Waals surface area contributed by atoms with Gasteiger partial charge in [0.2, 0.25) is 5.91 Å². The zero-order valence-corrected chi connectivity index (χ0v) is 19.3. The fourth-order valence-electron chi connectivity index (χ4n) is 3.11. The van der Waals surface area contributed by atoms with Gasteiger partial charge >= 0.3 is 0 Å². The minimum Gasteiger partial charge on any atom is -0.493 e. The number of guanidine groups is 1. The largest absolute Gasteiger partial charge is 0.493 e. The molecule has 2 rings (SSSR count). The number of carbonyl (C=O) groups is 1. The van der Waals surface area contributed by atoms with E-state index in [0.29, 0.717) is 6.54 Å². The van der Waals surface area contributed by atoms with Gasteiger partial charge in [0, 0.05) is 33.7 Å². The molecule has 0 bridgehead atoms. The number of carbonyl (C=O) groups excluding carboxylic acids is 1. The van der Waals surface area contributed by atoms with Gasteiger partial charge < -0.3 is 25.0 Å². The van der Waals surface area contributed by atoms with E-state index in [-0.39, 0.29) is 29.9 Å². The fourth-order valence-corrected chi connectivity index (χ4v) is 3.11. The number of fused-ring (bicyclic) bond motifs is 1. The Morgan fingerprint density at radius 1 is 1.22 bits per heavy atom. The van der Waals surface area contributed by atoms with E-state index >= 15 is 0 Å². The SMILES string of the molecule is CN=C(NCC(C)(C)C(=O)NC)N1CCc2cc(OC)c(OC)cc2C1.I. The van der Waals surface area contributed by atoms with Gasteiger partial charge in [0.25, 0.3) is 0 Å². The van der Waals surface area contributed by atoms with Crippen molar-refractivity contribution in [3.63, 3.8) is 0 Å². The zero-order chi connectivity index (χ0) is 19.3. The summed E-state index contributed by atoms with van der Waals surface area (Å²) in [7, 11) is 6.72. The second-order valence-electron chi connectivity index (χ2n) is 7.01. The molecule has 0 radical (unpaired) electrons. The molecular formula is C19H31IN4O3. The molecule has 0 fully saturated rings. The van der Waals surface area contributed by atoms with Crippen LogP contribution in [-0.4, -0.2) is 58.2 Å². The number of hydrogen-bond acceptors (Lipinski definition) is 4. The highest BCUT2D eigenvalue weighted by Crippen LogP contribution is 2.33. The lowest BCUT2D eigenvalue weighted by atomic mass is 9.92. The van der Waals surface area contributed by atoms with Crippen molar-refractivity contribution in [1.82, 2.24) is 15.5 Å². The third-order valence-corrected chi connectivity index (χ3v) is 4.76. The van der Waals surface area contributed by atoms with E-state index in [1.165, 1.54) is 11.1 Å². The normalized spacial score (nSPS) is 14.0. The van der Waals surface area contributed by atoms with Crippen molar-refractivity contribution >= 4 is 35.8 Å². The van der Waals surface area contributed by atoms with Crippen molar-refractivity contribution in [2.45, 2.75) is 26.8 Å². The van der Waals surface area contributed by atoms with Crippen LogP contribution < -0.4 is 20.1 Å². The van der Waals surface area contributed by atoms with Crippen LogP contribution in [0.1, 0.15) is 25.0 Å². The molecule has 8 heteroatoms. The van der Waals surface area contributed by atoms with Crippen LogP contribution >= 0.6 is 24.0 Å². The Kier molecular flexibility index (Phi) is 8.64. The lowest BCUT2D eigenvalue weighted by molar-refractivity contribution is -0.128. The van der Waals surface area contributed by atoms with Gasteiger partial charge in [-0.25, -0.2) is 0 Å². The number of aliphatic imine (C=N–C) groups is 1. The van der Waals surface area contributed by atoms with E-state index in [0.717, 1.165) is 37.0 Å². The number of benzene rings is 1. The Labute approximate surface area is 178 Å². The molecule has 0 aliphatic carbocycles. The quantitative estimate of drug-likeness (QED) is 0.376. The van der Waals surface area contributed by atoms with Crippen molar-refractivity contribution in [3.05, 3.63) is 23.3 Å². The van der Waals surface area contributed by atoms with E-state index < -0.39 is 5.41 Å². The topological polar surface area (TPSA) is 75.2 Å². The molecule has 1 heterocycles. The Morgan fingerprint density at radius 2 is 1.81 bits per heavy atom. The van der Waals surface area contributed by atoms with E-state index in [1.807, 2.05) is 19.9 Å². The van der Waals surface area contributed by atoms with Crippen molar-refractivity contribution < 1.29 is 14.3 Å². The predicted molar refractivity (Wildman–Crippen MR) is 118 cm³/mol. The van der Waals surface area contributed by atoms with Crippen molar-refractivity contribution in [2.75, 3.05) is 41.4 Å². The maximum atomic E-state index is 12.0. The van der Waals surface area contributed by atoms with Crippen molar-refractivity contribution in [1.29, 1.82) is 0 Å². The Hall–Kier alpha value is -1.71. The first-order chi connectivity index (χ1) is 12.4. The molecule has 1 aromatic rings. The summed E-state index contributed by atoms with van der Waals surface area (Å²) in [6.07, 6.45) is 0.898. The van der Waals surface area contributed by atoms with E-state index in [1.54, 1.807) is 28.3 Å². The molecule has 1 amide bonds. The first-order valence-electron chi connectivity index (χ1n) is 8.77. The number of nitrogens with zero attached hydrogens (tertiary/aromatic N) is 2. The van der Waals surface area contributed by atoms with Crippen LogP contribution in [0.25, 0.3) is 0 Å². The number of ether oxygens (including phenoxy) is 2. The number of halogens is 1. The van der Waals surface area contributed by atoms with Gasteiger partial charge in [0.15, 0.2) is 17.5 Å². The Balaban J connectivity index is 0.00000364. The summed E-state index contributed by atoms with van der Waals surface area (Å²) in [5, 5.41) is 6.04. The molecule has 0 unspecified atom stereocenters. The lowest BCUT2D eigenvalue weighted by Crippen LogP contribution is -2.49. The van der Waals surface area contributed by atoms with E-state index in [9.17, 15) is 4.79 Å². The van der Waals surface area contributed by atoms with Gasteiger partial charge in [-0.1, -0.05) is 0 Å². The minimum absolute atomic E-state index is 0. The highest BCUT2D eigenvalue weighted by molar-refractivity contribution is 14.0. The number of nitrogens with one attached hydrogen (secondary N) is 2. The molecular weight excluding hydrogens is 459 g/mol. The van der Waals surface area contributed by atoms with Gasteiger partial charge in [-0.05, 0) is 43.5 Å². The first kappa shape index (κ1) is 23.3. The first-order valence-corrected chi connectivity index (χ1v) is 8.77. The average molecular weight is 490 g/mol. The number of amides is 1. The minimum atomic E-state index is -0.519. The number of hydrogen-bond donors (Lipinski definition) is 2. The van der Waals surface area contributed by atoms with Gasteiger partial charge in [-0.2, -0.15) is 0 Å². The Bertz CT molecular complexity index is 692. The molecule has 0 saturated heterocycles. The maximum Gasteiger partial charge on any atom is 0.227 e. The lowest BCUT2D eigenvalue weighted by Gasteiger charge is -2.33. The highest BCUT2D eigenvalue weighted by Gasteiger charge is 2.28. The molecule has 152 valence electrons. The summed E-state index contributed by atoms with van der Waals surface area (Å²) in [5.74, 6) is 2.29. The van der Waals surface area contributed by atoms with Crippen molar-refractivity contribution in [2.24, 2.45) is 10.4 Å². The second kappa shape index (κ2) is 10.0. The zero-order valence-electron chi connectivity index (χ0n) is 17.0. The molecule has 27 heavy (non-hydrogen) atoms. The maximum absolute atomic E-state index is 12.0. The van der Waals surface area contributed by atoms with Gasteiger partial charge in [0.05, 0.1) is 19.6 Å². The summed E-state index contributed by atoms with van der Waals surface area (Å²) in [5.41, 5.74) is 1.94. The fraction of sp³-hybridized carbons (Fsp3) is 0.579. The molecule has 2 N–H and O–H groups in total. The number of rotatable bonds is 5. The van der Waals surface area contributed by atoms with Crippen LogP contribution in [0, 0.1) is 5.41 Å². The average Bonchev–Trinajstić information content (AvgIpc) is 2.66. The highest BCUT2D eigenvalue weighted by atomic mass is 127. The monoisotopic (exact) mass is 490 g/mol. The Morgan fingerprint density at radius 3 is 2.33 bits per heavy atom. The molecule has 1 aliphatic rings. The van der Waals surface area contributed by atoms with Crippen LogP contribution in [-0.2, 0) is 17.8 Å².